The molecule has 0 saturated carbocycles. The SMILES string of the molecule is C=C(Cl)CCc1ccc(C(=O)OCC)cc1. The first-order valence-corrected chi connectivity index (χ1v) is 5.60. The van der Waals surface area contributed by atoms with Crippen molar-refractivity contribution in [1.82, 2.24) is 0 Å². The van der Waals surface area contributed by atoms with Crippen LogP contribution in [-0.4, -0.2) is 12.6 Å². The van der Waals surface area contributed by atoms with E-state index in [1.165, 1.54) is 0 Å². The van der Waals surface area contributed by atoms with Gasteiger partial charge in [-0.1, -0.05) is 30.3 Å². The molecule has 0 N–H and O–H groups in total. The highest BCUT2D eigenvalue weighted by Gasteiger charge is 2.05. The molecule has 16 heavy (non-hydrogen) atoms. The molecule has 86 valence electrons. The summed E-state index contributed by atoms with van der Waals surface area (Å²) in [7, 11) is 0. The molecule has 0 spiro atoms. The minimum Gasteiger partial charge on any atom is -0.462 e. The number of hydrogen-bond acceptors (Lipinski definition) is 2. The number of benzene rings is 1. The molecule has 0 atom stereocenters. The fourth-order valence-electron chi connectivity index (χ4n) is 1.30. The van der Waals surface area contributed by atoms with Gasteiger partial charge in [-0.25, -0.2) is 4.79 Å². The summed E-state index contributed by atoms with van der Waals surface area (Å²) in [5.41, 5.74) is 1.71. The zero-order valence-electron chi connectivity index (χ0n) is 9.33. The minimum atomic E-state index is -0.282. The minimum absolute atomic E-state index is 0.282. The first kappa shape index (κ1) is 12.8. The average molecular weight is 239 g/mol. The molecule has 0 heterocycles. The van der Waals surface area contributed by atoms with E-state index in [2.05, 4.69) is 6.58 Å². The molecule has 1 rings (SSSR count). The van der Waals surface area contributed by atoms with Crippen LogP contribution in [0.4, 0.5) is 0 Å². The third kappa shape index (κ3) is 4.07. The average Bonchev–Trinajstić information content (AvgIpc) is 2.27. The molecular formula is C13H15ClO2. The molecule has 0 aliphatic heterocycles. The van der Waals surface area contributed by atoms with Gasteiger partial charge >= 0.3 is 5.97 Å². The molecule has 0 saturated heterocycles. The summed E-state index contributed by atoms with van der Waals surface area (Å²) in [5, 5.41) is 0.648. The third-order valence-corrected chi connectivity index (χ3v) is 2.34. The molecule has 1 aromatic rings. The van der Waals surface area contributed by atoms with Crippen molar-refractivity contribution < 1.29 is 9.53 Å². The van der Waals surface area contributed by atoms with Crippen molar-refractivity contribution in [3.8, 4) is 0 Å². The number of halogens is 1. The van der Waals surface area contributed by atoms with Crippen LogP contribution in [-0.2, 0) is 11.2 Å². The summed E-state index contributed by atoms with van der Waals surface area (Å²) in [6.45, 7) is 5.82. The van der Waals surface area contributed by atoms with Gasteiger partial charge in [-0.05, 0) is 37.5 Å². The first-order valence-electron chi connectivity index (χ1n) is 5.23. The fraction of sp³-hybridized carbons (Fsp3) is 0.308. The van der Waals surface area contributed by atoms with Gasteiger partial charge in [0.1, 0.15) is 0 Å². The Bertz CT molecular complexity index is 368. The van der Waals surface area contributed by atoms with Gasteiger partial charge in [0.25, 0.3) is 0 Å². The van der Waals surface area contributed by atoms with E-state index in [1.54, 1.807) is 19.1 Å². The second-order valence-corrected chi connectivity index (χ2v) is 3.97. The summed E-state index contributed by atoms with van der Waals surface area (Å²) in [5.74, 6) is -0.282. The molecule has 0 radical (unpaired) electrons. The molecule has 0 aliphatic rings. The van der Waals surface area contributed by atoms with Crippen LogP contribution in [0.15, 0.2) is 35.9 Å². The highest BCUT2D eigenvalue weighted by atomic mass is 35.5. The summed E-state index contributed by atoms with van der Waals surface area (Å²) >= 11 is 5.68. The van der Waals surface area contributed by atoms with Crippen molar-refractivity contribution in [2.45, 2.75) is 19.8 Å². The second-order valence-electron chi connectivity index (χ2n) is 3.43. The molecule has 2 nitrogen and oxygen atoms in total. The van der Waals surface area contributed by atoms with Crippen molar-refractivity contribution in [2.24, 2.45) is 0 Å². The molecule has 1 aromatic carbocycles. The molecular weight excluding hydrogens is 224 g/mol. The monoisotopic (exact) mass is 238 g/mol. The highest BCUT2D eigenvalue weighted by molar-refractivity contribution is 6.29. The van der Waals surface area contributed by atoms with Gasteiger partial charge in [0.15, 0.2) is 0 Å². The van der Waals surface area contributed by atoms with Crippen molar-refractivity contribution in [3.05, 3.63) is 47.0 Å². The fourth-order valence-corrected chi connectivity index (χ4v) is 1.40. The van der Waals surface area contributed by atoms with Crippen LogP contribution < -0.4 is 0 Å². The van der Waals surface area contributed by atoms with Crippen LogP contribution in [0.5, 0.6) is 0 Å². The maximum absolute atomic E-state index is 11.4. The number of aryl methyl sites for hydroxylation is 1. The molecule has 0 aliphatic carbocycles. The number of ether oxygens (including phenoxy) is 1. The van der Waals surface area contributed by atoms with Crippen LogP contribution in [0, 0.1) is 0 Å². The van der Waals surface area contributed by atoms with Crippen LogP contribution in [0.25, 0.3) is 0 Å². The van der Waals surface area contributed by atoms with Gasteiger partial charge in [-0.3, -0.25) is 0 Å². The largest absolute Gasteiger partial charge is 0.462 e. The lowest BCUT2D eigenvalue weighted by Crippen LogP contribution is -2.04. The van der Waals surface area contributed by atoms with Gasteiger partial charge in [0, 0.05) is 5.03 Å². The molecule has 0 amide bonds. The van der Waals surface area contributed by atoms with E-state index >= 15 is 0 Å². The van der Waals surface area contributed by atoms with E-state index in [-0.39, 0.29) is 5.97 Å². The second kappa shape index (κ2) is 6.33. The molecule has 0 fully saturated rings. The van der Waals surface area contributed by atoms with Gasteiger partial charge < -0.3 is 4.74 Å². The van der Waals surface area contributed by atoms with E-state index < -0.39 is 0 Å². The maximum atomic E-state index is 11.4. The topological polar surface area (TPSA) is 26.3 Å². The normalized spacial score (nSPS) is 9.88. The quantitative estimate of drug-likeness (QED) is 0.734. The van der Waals surface area contributed by atoms with Crippen molar-refractivity contribution in [2.75, 3.05) is 6.61 Å². The van der Waals surface area contributed by atoms with Gasteiger partial charge in [-0.2, -0.15) is 0 Å². The third-order valence-electron chi connectivity index (χ3n) is 2.15. The zero-order chi connectivity index (χ0) is 12.0. The van der Waals surface area contributed by atoms with E-state index in [4.69, 9.17) is 16.3 Å². The van der Waals surface area contributed by atoms with Gasteiger partial charge in [0.2, 0.25) is 0 Å². The summed E-state index contributed by atoms with van der Waals surface area (Å²) in [6, 6.07) is 7.35. The van der Waals surface area contributed by atoms with Gasteiger partial charge in [-0.15, -0.1) is 0 Å². The number of esters is 1. The maximum Gasteiger partial charge on any atom is 0.338 e. The van der Waals surface area contributed by atoms with Crippen LogP contribution >= 0.6 is 11.6 Å². The summed E-state index contributed by atoms with van der Waals surface area (Å²) < 4.78 is 4.89. The lowest BCUT2D eigenvalue weighted by Gasteiger charge is -2.03. The Morgan fingerprint density at radius 1 is 1.38 bits per heavy atom. The highest BCUT2D eigenvalue weighted by Crippen LogP contribution is 2.12. The summed E-state index contributed by atoms with van der Waals surface area (Å²) in [6.07, 6.45) is 1.59. The number of carbonyl (C=O) groups excluding carboxylic acids is 1. The van der Waals surface area contributed by atoms with Crippen molar-refractivity contribution in [1.29, 1.82) is 0 Å². The van der Waals surface area contributed by atoms with Crippen LogP contribution in [0.2, 0.25) is 0 Å². The Labute approximate surface area is 101 Å². The standard InChI is InChI=1S/C13H15ClO2/c1-3-16-13(15)12-8-6-11(7-9-12)5-4-10(2)14/h6-9H,2-5H2,1H3. The van der Waals surface area contributed by atoms with E-state index in [1.807, 2.05) is 12.1 Å². The van der Waals surface area contributed by atoms with Crippen LogP contribution in [0.3, 0.4) is 0 Å². The van der Waals surface area contributed by atoms with Crippen molar-refractivity contribution in [3.63, 3.8) is 0 Å². The lowest BCUT2D eigenvalue weighted by atomic mass is 10.1. The predicted octanol–water partition coefficient (Wildman–Crippen LogP) is 3.55. The Kier molecular flexibility index (Phi) is 5.06. The van der Waals surface area contributed by atoms with Crippen LogP contribution in [0.1, 0.15) is 29.3 Å². The van der Waals surface area contributed by atoms with E-state index in [9.17, 15) is 4.79 Å². The first-order chi connectivity index (χ1) is 7.63. The summed E-state index contributed by atoms with van der Waals surface area (Å²) in [4.78, 5) is 11.4. The number of carbonyl (C=O) groups is 1. The number of rotatable bonds is 5. The number of allylic oxidation sites excluding steroid dienone is 1. The Balaban J connectivity index is 2.60. The zero-order valence-corrected chi connectivity index (χ0v) is 10.1. The van der Waals surface area contributed by atoms with Gasteiger partial charge in [0.05, 0.1) is 12.2 Å². The Morgan fingerprint density at radius 2 is 2.00 bits per heavy atom. The number of hydrogen-bond donors (Lipinski definition) is 0. The predicted molar refractivity (Wildman–Crippen MR) is 65.7 cm³/mol. The van der Waals surface area contributed by atoms with E-state index in [0.717, 1.165) is 18.4 Å². The molecule has 0 bridgehead atoms. The Hall–Kier alpha value is -1.28. The molecule has 0 unspecified atom stereocenters. The lowest BCUT2D eigenvalue weighted by molar-refractivity contribution is 0.0526. The van der Waals surface area contributed by atoms with E-state index in [0.29, 0.717) is 17.2 Å². The molecule has 3 heteroatoms. The Morgan fingerprint density at radius 3 is 2.50 bits per heavy atom. The molecule has 0 aromatic heterocycles. The van der Waals surface area contributed by atoms with Crippen molar-refractivity contribution >= 4 is 17.6 Å². The smallest absolute Gasteiger partial charge is 0.338 e.